The molecule has 2 aliphatic carbocycles. The third-order valence-corrected chi connectivity index (χ3v) is 7.24. The highest BCUT2D eigenvalue weighted by atomic mass is 32.2. The van der Waals surface area contributed by atoms with Gasteiger partial charge in [-0.15, -0.1) is 0 Å². The second-order valence-corrected chi connectivity index (χ2v) is 8.66. The quantitative estimate of drug-likeness (QED) is 0.925. The fraction of sp³-hybridized carbons (Fsp3) is 0.647. The van der Waals surface area contributed by atoms with Crippen molar-refractivity contribution in [2.75, 3.05) is 13.7 Å². The average Bonchev–Trinajstić information content (AvgIpc) is 3.01. The first-order valence-electron chi connectivity index (χ1n) is 8.23. The Morgan fingerprint density at radius 1 is 1.14 bits per heavy atom. The smallest absolute Gasteiger partial charge is 0.243 e. The molecule has 0 amide bonds. The number of hydrogen-bond acceptors (Lipinski definition) is 3. The predicted molar refractivity (Wildman–Crippen MR) is 86.2 cm³/mol. The fourth-order valence-corrected chi connectivity index (χ4v) is 5.23. The van der Waals surface area contributed by atoms with Gasteiger partial charge in [0.2, 0.25) is 10.0 Å². The minimum atomic E-state index is -3.41. The minimum Gasteiger partial charge on any atom is -0.396 e. The molecule has 0 radical (unpaired) electrons. The Morgan fingerprint density at radius 2 is 1.82 bits per heavy atom. The van der Waals surface area contributed by atoms with Gasteiger partial charge < -0.3 is 5.11 Å². The van der Waals surface area contributed by atoms with Crippen LogP contribution in [0, 0.1) is 5.92 Å². The number of nitrogens with zero attached hydrogens (tertiary/aromatic N) is 1. The number of aryl methyl sites for hydroxylation is 2. The van der Waals surface area contributed by atoms with E-state index < -0.39 is 10.0 Å². The lowest BCUT2D eigenvalue weighted by Crippen LogP contribution is -2.39. The summed E-state index contributed by atoms with van der Waals surface area (Å²) in [7, 11) is -1.71. The van der Waals surface area contributed by atoms with E-state index in [9.17, 15) is 13.5 Å². The van der Waals surface area contributed by atoms with Crippen LogP contribution in [0.3, 0.4) is 0 Å². The Hall–Kier alpha value is -0.910. The van der Waals surface area contributed by atoms with E-state index in [2.05, 4.69) is 0 Å². The van der Waals surface area contributed by atoms with E-state index in [1.165, 1.54) is 11.1 Å². The first-order chi connectivity index (χ1) is 10.5. The molecule has 0 heterocycles. The van der Waals surface area contributed by atoms with E-state index >= 15 is 0 Å². The number of aliphatic hydroxyl groups is 1. The molecule has 0 spiro atoms. The number of rotatable bonds is 4. The van der Waals surface area contributed by atoms with Crippen LogP contribution in [0.4, 0.5) is 0 Å². The van der Waals surface area contributed by atoms with E-state index in [0.29, 0.717) is 10.8 Å². The van der Waals surface area contributed by atoms with Gasteiger partial charge in [-0.1, -0.05) is 6.07 Å². The van der Waals surface area contributed by atoms with Crippen LogP contribution in [0.25, 0.3) is 0 Å². The Bertz CT molecular complexity index is 633. The highest BCUT2D eigenvalue weighted by Gasteiger charge is 2.31. The SMILES string of the molecule is CN(C1CCC(CO)CC1)S(=O)(=O)c1ccc2c(c1)CCC2. The third kappa shape index (κ3) is 2.94. The van der Waals surface area contributed by atoms with Crippen LogP contribution in [0.5, 0.6) is 0 Å². The summed E-state index contributed by atoms with van der Waals surface area (Å²) in [5.74, 6) is 0.340. The Balaban J connectivity index is 1.77. The highest BCUT2D eigenvalue weighted by molar-refractivity contribution is 7.89. The summed E-state index contributed by atoms with van der Waals surface area (Å²) in [6.45, 7) is 0.216. The van der Waals surface area contributed by atoms with E-state index in [1.807, 2.05) is 12.1 Å². The molecular weight excluding hydrogens is 298 g/mol. The summed E-state index contributed by atoms with van der Waals surface area (Å²) in [4.78, 5) is 0.430. The zero-order valence-electron chi connectivity index (χ0n) is 13.2. The van der Waals surface area contributed by atoms with Crippen LogP contribution < -0.4 is 0 Å². The van der Waals surface area contributed by atoms with Gasteiger partial charge in [-0.05, 0) is 74.1 Å². The zero-order chi connectivity index (χ0) is 15.7. The molecule has 0 aliphatic heterocycles. The van der Waals surface area contributed by atoms with Crippen molar-refractivity contribution in [2.45, 2.75) is 55.9 Å². The Labute approximate surface area is 133 Å². The normalized spacial score (nSPS) is 25.4. The number of sulfonamides is 1. The largest absolute Gasteiger partial charge is 0.396 e. The lowest BCUT2D eigenvalue weighted by atomic mass is 9.87. The summed E-state index contributed by atoms with van der Waals surface area (Å²) < 4.78 is 27.3. The van der Waals surface area contributed by atoms with Crippen LogP contribution in [0.2, 0.25) is 0 Å². The monoisotopic (exact) mass is 323 g/mol. The summed E-state index contributed by atoms with van der Waals surface area (Å²) >= 11 is 0. The summed E-state index contributed by atoms with van der Waals surface area (Å²) in [6.07, 6.45) is 6.68. The van der Waals surface area contributed by atoms with Gasteiger partial charge in [0.1, 0.15) is 0 Å². The molecule has 1 saturated carbocycles. The number of aliphatic hydroxyl groups excluding tert-OH is 1. The second kappa shape index (κ2) is 6.30. The molecule has 1 aromatic carbocycles. The molecule has 22 heavy (non-hydrogen) atoms. The lowest BCUT2D eigenvalue weighted by Gasteiger charge is -2.33. The van der Waals surface area contributed by atoms with Crippen molar-refractivity contribution in [3.05, 3.63) is 29.3 Å². The minimum absolute atomic E-state index is 0.0565. The summed E-state index contributed by atoms with van der Waals surface area (Å²) in [5.41, 5.74) is 2.49. The molecule has 0 bridgehead atoms. The predicted octanol–water partition coefficient (Wildman–Crippen LogP) is 2.35. The van der Waals surface area contributed by atoms with Gasteiger partial charge in [-0.2, -0.15) is 4.31 Å². The maximum absolute atomic E-state index is 12.9. The van der Waals surface area contributed by atoms with E-state index in [-0.39, 0.29) is 12.6 Å². The van der Waals surface area contributed by atoms with E-state index in [1.54, 1.807) is 17.4 Å². The van der Waals surface area contributed by atoms with Crippen molar-refractivity contribution >= 4 is 10.0 Å². The molecule has 5 heteroatoms. The Morgan fingerprint density at radius 3 is 2.50 bits per heavy atom. The van der Waals surface area contributed by atoms with Gasteiger partial charge in [0.15, 0.2) is 0 Å². The highest BCUT2D eigenvalue weighted by Crippen LogP contribution is 2.31. The zero-order valence-corrected chi connectivity index (χ0v) is 14.0. The molecular formula is C17H25NO3S. The molecule has 2 aliphatic rings. The Kier molecular flexibility index (Phi) is 4.57. The van der Waals surface area contributed by atoms with Gasteiger partial charge >= 0.3 is 0 Å². The van der Waals surface area contributed by atoms with Crippen LogP contribution in [-0.4, -0.2) is 37.5 Å². The molecule has 0 aromatic heterocycles. The van der Waals surface area contributed by atoms with Gasteiger partial charge in [0.25, 0.3) is 0 Å². The molecule has 0 atom stereocenters. The molecule has 1 N–H and O–H groups in total. The van der Waals surface area contributed by atoms with Crippen molar-refractivity contribution in [2.24, 2.45) is 5.92 Å². The van der Waals surface area contributed by atoms with Crippen molar-refractivity contribution < 1.29 is 13.5 Å². The topological polar surface area (TPSA) is 57.6 Å². The molecule has 0 unspecified atom stereocenters. The second-order valence-electron chi connectivity index (χ2n) is 6.66. The maximum Gasteiger partial charge on any atom is 0.243 e. The van der Waals surface area contributed by atoms with Crippen molar-refractivity contribution in [1.29, 1.82) is 0 Å². The summed E-state index contributed by atoms with van der Waals surface area (Å²) in [6, 6.07) is 5.66. The first-order valence-corrected chi connectivity index (χ1v) is 9.67. The molecule has 0 saturated heterocycles. The first kappa shape index (κ1) is 16.0. The standard InChI is InChI=1S/C17H25NO3S/c1-18(16-8-5-13(12-19)6-9-16)22(20,21)17-10-7-14-3-2-4-15(14)11-17/h7,10-11,13,16,19H,2-6,8-9,12H2,1H3. The average molecular weight is 323 g/mol. The van der Waals surface area contributed by atoms with Gasteiger partial charge in [-0.3, -0.25) is 0 Å². The third-order valence-electron chi connectivity index (χ3n) is 5.34. The van der Waals surface area contributed by atoms with Gasteiger partial charge in [-0.25, -0.2) is 8.42 Å². The molecule has 4 nitrogen and oxygen atoms in total. The lowest BCUT2D eigenvalue weighted by molar-refractivity contribution is 0.159. The van der Waals surface area contributed by atoms with Crippen LogP contribution in [0.15, 0.2) is 23.1 Å². The van der Waals surface area contributed by atoms with Crippen LogP contribution >= 0.6 is 0 Å². The molecule has 3 rings (SSSR count). The van der Waals surface area contributed by atoms with Gasteiger partial charge in [0, 0.05) is 19.7 Å². The molecule has 122 valence electrons. The summed E-state index contributed by atoms with van der Waals surface area (Å²) in [5, 5.41) is 9.21. The van der Waals surface area contributed by atoms with E-state index in [4.69, 9.17) is 0 Å². The van der Waals surface area contributed by atoms with Crippen molar-refractivity contribution in [3.63, 3.8) is 0 Å². The van der Waals surface area contributed by atoms with Crippen molar-refractivity contribution in [1.82, 2.24) is 4.31 Å². The molecule has 1 fully saturated rings. The van der Waals surface area contributed by atoms with E-state index in [0.717, 1.165) is 44.9 Å². The van der Waals surface area contributed by atoms with Crippen LogP contribution in [-0.2, 0) is 22.9 Å². The maximum atomic E-state index is 12.9. The number of hydrogen-bond donors (Lipinski definition) is 1. The molecule has 1 aromatic rings. The number of benzene rings is 1. The number of fused-ring (bicyclic) bond motifs is 1. The fourth-order valence-electron chi connectivity index (χ4n) is 3.76. The van der Waals surface area contributed by atoms with Gasteiger partial charge in [0.05, 0.1) is 4.90 Å². The van der Waals surface area contributed by atoms with Crippen molar-refractivity contribution in [3.8, 4) is 0 Å². The van der Waals surface area contributed by atoms with Crippen LogP contribution in [0.1, 0.15) is 43.2 Å².